The molecule has 2 fully saturated rings. The molecule has 0 aromatic carbocycles. The van der Waals surface area contributed by atoms with E-state index in [9.17, 15) is 8.42 Å². The van der Waals surface area contributed by atoms with Crippen molar-refractivity contribution in [2.75, 3.05) is 24.7 Å². The van der Waals surface area contributed by atoms with Gasteiger partial charge in [-0.15, -0.1) is 0 Å². The van der Waals surface area contributed by atoms with Gasteiger partial charge < -0.3 is 5.11 Å². The van der Waals surface area contributed by atoms with E-state index >= 15 is 0 Å². The molecule has 1 unspecified atom stereocenters. The lowest BCUT2D eigenvalue weighted by molar-refractivity contribution is 0.128. The molecule has 2 rings (SSSR count). The Balaban J connectivity index is 2.02. The molecule has 82 valence electrons. The average Bonchev–Trinajstić information content (AvgIpc) is 2.70. The summed E-state index contributed by atoms with van der Waals surface area (Å²) in [7, 11) is -2.79. The van der Waals surface area contributed by atoms with E-state index in [0.717, 1.165) is 25.8 Å². The second-order valence-electron chi connectivity index (χ2n) is 4.27. The summed E-state index contributed by atoms with van der Waals surface area (Å²) >= 11 is 0. The van der Waals surface area contributed by atoms with Gasteiger partial charge in [0.05, 0.1) is 18.1 Å². The van der Waals surface area contributed by atoms with Crippen LogP contribution in [-0.4, -0.2) is 55.2 Å². The summed E-state index contributed by atoms with van der Waals surface area (Å²) in [6, 6.07) is 0.368. The minimum atomic E-state index is -2.79. The summed E-state index contributed by atoms with van der Waals surface area (Å²) in [4.78, 5) is 2.19. The van der Waals surface area contributed by atoms with Crippen LogP contribution in [0.4, 0.5) is 0 Å². The molecule has 0 saturated carbocycles. The summed E-state index contributed by atoms with van der Waals surface area (Å²) in [5.41, 5.74) is 0. The summed E-state index contributed by atoms with van der Waals surface area (Å²) in [5, 5.41) is 9.14. The van der Waals surface area contributed by atoms with Gasteiger partial charge in [-0.1, -0.05) is 0 Å². The third-order valence-corrected chi connectivity index (χ3v) is 5.06. The first kappa shape index (κ1) is 10.4. The Hall–Kier alpha value is -0.130. The van der Waals surface area contributed by atoms with E-state index in [0.29, 0.717) is 11.5 Å². The van der Waals surface area contributed by atoms with Crippen molar-refractivity contribution in [1.82, 2.24) is 4.90 Å². The van der Waals surface area contributed by atoms with Crippen LogP contribution in [0.3, 0.4) is 0 Å². The molecular weight excluding hydrogens is 202 g/mol. The highest BCUT2D eigenvalue weighted by Gasteiger charge is 2.37. The molecule has 2 saturated heterocycles. The molecule has 0 bridgehead atoms. The fraction of sp³-hybridized carbons (Fsp3) is 1.00. The van der Waals surface area contributed by atoms with Gasteiger partial charge in [0.1, 0.15) is 0 Å². The summed E-state index contributed by atoms with van der Waals surface area (Å²) in [5.74, 6) is 0.621. The van der Waals surface area contributed by atoms with Gasteiger partial charge in [0.2, 0.25) is 0 Å². The molecule has 0 radical (unpaired) electrons. The Bertz CT molecular complexity index is 301. The second-order valence-corrected chi connectivity index (χ2v) is 6.50. The Morgan fingerprint density at radius 3 is 2.71 bits per heavy atom. The van der Waals surface area contributed by atoms with Crippen molar-refractivity contribution in [2.45, 2.75) is 31.3 Å². The number of hydrogen-bond donors (Lipinski definition) is 1. The molecule has 0 amide bonds. The number of likely N-dealkylation sites (tertiary alicyclic amines) is 1. The van der Waals surface area contributed by atoms with Gasteiger partial charge in [-0.05, 0) is 25.8 Å². The lowest BCUT2D eigenvalue weighted by Crippen LogP contribution is -2.41. The molecule has 2 aliphatic heterocycles. The van der Waals surface area contributed by atoms with E-state index in [2.05, 4.69) is 4.90 Å². The highest BCUT2D eigenvalue weighted by atomic mass is 32.2. The smallest absolute Gasteiger partial charge is 0.151 e. The molecule has 0 aliphatic carbocycles. The van der Waals surface area contributed by atoms with Crippen LogP contribution in [0, 0.1) is 0 Å². The molecule has 2 heterocycles. The quantitative estimate of drug-likeness (QED) is 0.688. The molecule has 2 atom stereocenters. The van der Waals surface area contributed by atoms with Gasteiger partial charge in [0.15, 0.2) is 9.84 Å². The zero-order valence-corrected chi connectivity index (χ0v) is 9.04. The lowest BCUT2D eigenvalue weighted by atomic mass is 10.2. The summed E-state index contributed by atoms with van der Waals surface area (Å²) in [6.07, 6.45) is 2.84. The van der Waals surface area contributed by atoms with Crippen LogP contribution in [0.1, 0.15) is 19.3 Å². The number of aliphatic hydroxyl groups excluding tert-OH is 1. The fourth-order valence-electron chi connectivity index (χ4n) is 2.57. The Morgan fingerprint density at radius 2 is 2.14 bits per heavy atom. The number of hydrogen-bond acceptors (Lipinski definition) is 4. The van der Waals surface area contributed by atoms with E-state index in [-0.39, 0.29) is 18.7 Å². The number of aliphatic hydroxyl groups is 1. The van der Waals surface area contributed by atoms with Gasteiger partial charge >= 0.3 is 0 Å². The van der Waals surface area contributed by atoms with Crippen LogP contribution in [0.25, 0.3) is 0 Å². The SMILES string of the molecule is O=S1(=O)CCC(N2CCC[C@@H]2CO)C1. The number of nitrogens with zero attached hydrogens (tertiary/aromatic N) is 1. The maximum Gasteiger partial charge on any atom is 0.151 e. The molecule has 14 heavy (non-hydrogen) atoms. The van der Waals surface area contributed by atoms with E-state index in [4.69, 9.17) is 5.11 Å². The van der Waals surface area contributed by atoms with Crippen LogP contribution in [0.15, 0.2) is 0 Å². The molecular formula is C9H17NO3S. The standard InChI is InChI=1S/C9H17NO3S/c11-6-8-2-1-4-10(8)9-3-5-14(12,13)7-9/h8-9,11H,1-7H2/t8-,9?/m1/s1. The highest BCUT2D eigenvalue weighted by molar-refractivity contribution is 7.91. The van der Waals surface area contributed by atoms with Crippen LogP contribution in [-0.2, 0) is 9.84 Å². The Morgan fingerprint density at radius 1 is 1.36 bits per heavy atom. The van der Waals surface area contributed by atoms with Crippen molar-refractivity contribution in [3.63, 3.8) is 0 Å². The Kier molecular flexibility index (Phi) is 2.81. The first-order chi connectivity index (χ1) is 6.62. The lowest BCUT2D eigenvalue weighted by Gasteiger charge is -2.28. The first-order valence-electron chi connectivity index (χ1n) is 5.19. The largest absolute Gasteiger partial charge is 0.395 e. The minimum Gasteiger partial charge on any atom is -0.395 e. The van der Waals surface area contributed by atoms with Crippen molar-refractivity contribution in [3.05, 3.63) is 0 Å². The monoisotopic (exact) mass is 219 g/mol. The van der Waals surface area contributed by atoms with E-state index < -0.39 is 9.84 Å². The molecule has 4 nitrogen and oxygen atoms in total. The maximum absolute atomic E-state index is 11.3. The van der Waals surface area contributed by atoms with Crippen molar-refractivity contribution in [2.24, 2.45) is 0 Å². The molecule has 5 heteroatoms. The Labute approximate surface area is 84.8 Å². The van der Waals surface area contributed by atoms with Gasteiger partial charge in [-0.25, -0.2) is 8.42 Å². The summed E-state index contributed by atoms with van der Waals surface area (Å²) in [6.45, 7) is 1.11. The highest BCUT2D eigenvalue weighted by Crippen LogP contribution is 2.26. The van der Waals surface area contributed by atoms with Gasteiger partial charge in [-0.2, -0.15) is 0 Å². The normalized spacial score (nSPS) is 37.8. The maximum atomic E-state index is 11.3. The minimum absolute atomic E-state index is 0.163. The van der Waals surface area contributed by atoms with Crippen molar-refractivity contribution >= 4 is 9.84 Å². The predicted molar refractivity (Wildman–Crippen MR) is 53.9 cm³/mol. The predicted octanol–water partition coefficient (Wildman–Crippen LogP) is -0.370. The van der Waals surface area contributed by atoms with Crippen molar-refractivity contribution in [3.8, 4) is 0 Å². The third-order valence-electron chi connectivity index (χ3n) is 3.31. The van der Waals surface area contributed by atoms with E-state index in [1.54, 1.807) is 0 Å². The second kappa shape index (κ2) is 3.79. The first-order valence-corrected chi connectivity index (χ1v) is 7.01. The zero-order valence-electron chi connectivity index (χ0n) is 8.22. The van der Waals surface area contributed by atoms with Gasteiger partial charge in [-0.3, -0.25) is 4.90 Å². The molecule has 2 aliphatic rings. The number of sulfone groups is 1. The van der Waals surface area contributed by atoms with Gasteiger partial charge in [0.25, 0.3) is 0 Å². The molecule has 1 N–H and O–H groups in total. The van der Waals surface area contributed by atoms with Gasteiger partial charge in [0, 0.05) is 12.1 Å². The van der Waals surface area contributed by atoms with Crippen LogP contribution < -0.4 is 0 Å². The summed E-state index contributed by atoms with van der Waals surface area (Å²) < 4.78 is 22.6. The molecule has 0 aromatic rings. The molecule has 0 aromatic heterocycles. The average molecular weight is 219 g/mol. The van der Waals surface area contributed by atoms with Crippen LogP contribution in [0.2, 0.25) is 0 Å². The van der Waals surface area contributed by atoms with E-state index in [1.807, 2.05) is 0 Å². The number of rotatable bonds is 2. The fourth-order valence-corrected chi connectivity index (χ4v) is 4.31. The zero-order chi connectivity index (χ0) is 10.2. The third kappa shape index (κ3) is 1.94. The van der Waals surface area contributed by atoms with Crippen LogP contribution in [0.5, 0.6) is 0 Å². The molecule has 0 spiro atoms. The van der Waals surface area contributed by atoms with E-state index in [1.165, 1.54) is 0 Å². The van der Waals surface area contributed by atoms with Crippen molar-refractivity contribution in [1.29, 1.82) is 0 Å². The van der Waals surface area contributed by atoms with Crippen molar-refractivity contribution < 1.29 is 13.5 Å². The topological polar surface area (TPSA) is 57.6 Å². The van der Waals surface area contributed by atoms with Crippen LogP contribution >= 0.6 is 0 Å².